The number of nitrogens with zero attached hydrogens (tertiary/aromatic N) is 2. The number of ether oxygens (including phenoxy) is 1. The van der Waals surface area contributed by atoms with Crippen LogP contribution in [0.25, 0.3) is 10.9 Å². The molecule has 1 atom stereocenters. The lowest BCUT2D eigenvalue weighted by atomic mass is 9.78. The van der Waals surface area contributed by atoms with Crippen LogP contribution in [0.15, 0.2) is 18.3 Å². The molecule has 0 radical (unpaired) electrons. The van der Waals surface area contributed by atoms with Crippen molar-refractivity contribution < 1.29 is 19.2 Å². The van der Waals surface area contributed by atoms with E-state index in [1.807, 2.05) is 0 Å². The standard InChI is InChI=1S/C12H14BFN2O3/c14-10-5-4-9(13(17)18)8-7-15-16(12(8)10)11-3-1-2-6-19-11/h4-5,7,11,17-18H,1-3,6H2. The van der Waals surface area contributed by atoms with E-state index < -0.39 is 12.9 Å². The van der Waals surface area contributed by atoms with Gasteiger partial charge in [0.2, 0.25) is 0 Å². The summed E-state index contributed by atoms with van der Waals surface area (Å²) in [7, 11) is -1.65. The van der Waals surface area contributed by atoms with Crippen molar-refractivity contribution in [3.63, 3.8) is 0 Å². The third kappa shape index (κ3) is 2.14. The molecule has 0 aliphatic carbocycles. The second-order valence-corrected chi connectivity index (χ2v) is 4.68. The van der Waals surface area contributed by atoms with Crippen LogP contribution in [0.4, 0.5) is 4.39 Å². The summed E-state index contributed by atoms with van der Waals surface area (Å²) < 4.78 is 21.1. The van der Waals surface area contributed by atoms with Crippen LogP contribution in [-0.4, -0.2) is 33.6 Å². The van der Waals surface area contributed by atoms with Gasteiger partial charge in [-0.25, -0.2) is 9.07 Å². The SMILES string of the molecule is OB(O)c1ccc(F)c2c1cnn2C1CCCCO1. The second kappa shape index (κ2) is 4.92. The Balaban J connectivity index is 2.13. The van der Waals surface area contributed by atoms with Gasteiger partial charge in [-0.15, -0.1) is 0 Å². The van der Waals surface area contributed by atoms with Crippen LogP contribution >= 0.6 is 0 Å². The van der Waals surface area contributed by atoms with Gasteiger partial charge < -0.3 is 14.8 Å². The Labute approximate surface area is 109 Å². The highest BCUT2D eigenvalue weighted by atomic mass is 19.1. The average molecular weight is 264 g/mol. The molecular weight excluding hydrogens is 250 g/mol. The van der Waals surface area contributed by atoms with Gasteiger partial charge in [-0.3, -0.25) is 0 Å². The molecule has 0 amide bonds. The largest absolute Gasteiger partial charge is 0.489 e. The topological polar surface area (TPSA) is 67.5 Å². The summed E-state index contributed by atoms with van der Waals surface area (Å²) in [4.78, 5) is 0. The Morgan fingerprint density at radius 3 is 2.89 bits per heavy atom. The molecule has 2 aromatic rings. The van der Waals surface area contributed by atoms with Gasteiger partial charge >= 0.3 is 7.12 Å². The molecular formula is C12H14BFN2O3. The minimum atomic E-state index is -1.65. The summed E-state index contributed by atoms with van der Waals surface area (Å²) in [5, 5.41) is 23.2. The zero-order valence-corrected chi connectivity index (χ0v) is 10.3. The fraction of sp³-hybridized carbons (Fsp3) is 0.417. The molecule has 2 heterocycles. The smallest absolute Gasteiger partial charge is 0.423 e. The fourth-order valence-electron chi connectivity index (χ4n) is 2.50. The summed E-state index contributed by atoms with van der Waals surface area (Å²) in [5.74, 6) is -0.439. The van der Waals surface area contributed by atoms with Gasteiger partial charge in [0.25, 0.3) is 0 Å². The average Bonchev–Trinajstić information content (AvgIpc) is 2.85. The van der Waals surface area contributed by atoms with E-state index in [0.717, 1.165) is 19.3 Å². The van der Waals surface area contributed by atoms with Crippen molar-refractivity contribution in [2.75, 3.05) is 6.61 Å². The van der Waals surface area contributed by atoms with Crippen molar-refractivity contribution >= 4 is 23.5 Å². The zero-order valence-electron chi connectivity index (χ0n) is 10.3. The van der Waals surface area contributed by atoms with Crippen molar-refractivity contribution in [1.29, 1.82) is 0 Å². The first-order chi connectivity index (χ1) is 9.18. The third-order valence-electron chi connectivity index (χ3n) is 3.45. The quantitative estimate of drug-likeness (QED) is 0.777. The molecule has 1 unspecified atom stereocenters. The Morgan fingerprint density at radius 2 is 2.21 bits per heavy atom. The maximum Gasteiger partial charge on any atom is 0.489 e. The fourth-order valence-corrected chi connectivity index (χ4v) is 2.50. The van der Waals surface area contributed by atoms with Crippen molar-refractivity contribution in [2.45, 2.75) is 25.5 Å². The van der Waals surface area contributed by atoms with Gasteiger partial charge in [0.15, 0.2) is 6.23 Å². The van der Waals surface area contributed by atoms with Gasteiger partial charge in [-0.2, -0.15) is 5.10 Å². The maximum absolute atomic E-state index is 14.0. The number of fused-ring (bicyclic) bond motifs is 1. The van der Waals surface area contributed by atoms with Crippen molar-refractivity contribution in [3.8, 4) is 0 Å². The van der Waals surface area contributed by atoms with Gasteiger partial charge in [-0.1, -0.05) is 6.07 Å². The first-order valence-corrected chi connectivity index (χ1v) is 6.32. The Kier molecular flexibility index (Phi) is 3.26. The third-order valence-corrected chi connectivity index (χ3v) is 3.45. The Bertz CT molecular complexity index is 596. The number of benzene rings is 1. The molecule has 100 valence electrons. The van der Waals surface area contributed by atoms with Gasteiger partial charge in [0, 0.05) is 12.0 Å². The minimum Gasteiger partial charge on any atom is -0.423 e. The normalized spacial score (nSPS) is 19.8. The molecule has 1 saturated heterocycles. The molecule has 1 aromatic heterocycles. The van der Waals surface area contributed by atoms with Crippen LogP contribution < -0.4 is 5.46 Å². The van der Waals surface area contributed by atoms with E-state index in [4.69, 9.17) is 4.74 Å². The predicted molar refractivity (Wildman–Crippen MR) is 68.4 cm³/mol. The van der Waals surface area contributed by atoms with Crippen LogP contribution in [0.2, 0.25) is 0 Å². The molecule has 1 aromatic carbocycles. The Morgan fingerprint density at radius 1 is 1.37 bits per heavy atom. The number of halogens is 1. The molecule has 7 heteroatoms. The lowest BCUT2D eigenvalue weighted by Crippen LogP contribution is -2.30. The number of aromatic nitrogens is 2. The van der Waals surface area contributed by atoms with Crippen LogP contribution in [-0.2, 0) is 4.74 Å². The highest BCUT2D eigenvalue weighted by Crippen LogP contribution is 2.26. The van der Waals surface area contributed by atoms with Crippen LogP contribution in [0.5, 0.6) is 0 Å². The molecule has 2 N–H and O–H groups in total. The summed E-state index contributed by atoms with van der Waals surface area (Å²) >= 11 is 0. The monoisotopic (exact) mass is 264 g/mol. The highest BCUT2D eigenvalue weighted by Gasteiger charge is 2.24. The molecule has 3 rings (SSSR count). The molecule has 0 spiro atoms. The van der Waals surface area contributed by atoms with E-state index >= 15 is 0 Å². The van der Waals surface area contributed by atoms with E-state index in [2.05, 4.69) is 5.10 Å². The number of rotatable bonds is 2. The number of hydrogen-bond acceptors (Lipinski definition) is 4. The number of hydrogen-bond donors (Lipinski definition) is 2. The minimum absolute atomic E-state index is 0.249. The van der Waals surface area contributed by atoms with Crippen molar-refractivity contribution in [1.82, 2.24) is 9.78 Å². The summed E-state index contributed by atoms with van der Waals surface area (Å²) in [6.45, 7) is 0.635. The van der Waals surface area contributed by atoms with Crippen LogP contribution in [0.1, 0.15) is 25.5 Å². The highest BCUT2D eigenvalue weighted by molar-refractivity contribution is 6.61. The molecule has 0 saturated carbocycles. The first kappa shape index (κ1) is 12.6. The molecule has 5 nitrogen and oxygen atoms in total. The molecule has 1 aliphatic rings. The van der Waals surface area contributed by atoms with Crippen molar-refractivity contribution in [2.24, 2.45) is 0 Å². The summed E-state index contributed by atoms with van der Waals surface area (Å²) in [6, 6.07) is 2.58. The van der Waals surface area contributed by atoms with Crippen LogP contribution in [0, 0.1) is 5.82 Å². The van der Waals surface area contributed by atoms with Gasteiger partial charge in [-0.05, 0) is 30.8 Å². The zero-order chi connectivity index (χ0) is 13.4. The molecule has 19 heavy (non-hydrogen) atoms. The summed E-state index contributed by atoms with van der Waals surface area (Å²) in [5.41, 5.74) is 0.510. The predicted octanol–water partition coefficient (Wildman–Crippen LogP) is 0.554. The summed E-state index contributed by atoms with van der Waals surface area (Å²) in [6.07, 6.45) is 3.95. The molecule has 1 fully saturated rings. The maximum atomic E-state index is 14.0. The van der Waals surface area contributed by atoms with Gasteiger partial charge in [0.1, 0.15) is 11.3 Å². The van der Waals surface area contributed by atoms with Crippen molar-refractivity contribution in [3.05, 3.63) is 24.1 Å². The molecule has 1 aliphatic heterocycles. The lowest BCUT2D eigenvalue weighted by molar-refractivity contribution is -0.0369. The van der Waals surface area contributed by atoms with E-state index in [1.54, 1.807) is 0 Å². The van der Waals surface area contributed by atoms with E-state index in [-0.39, 0.29) is 17.2 Å². The first-order valence-electron chi connectivity index (χ1n) is 6.32. The Hall–Kier alpha value is -1.44. The second-order valence-electron chi connectivity index (χ2n) is 4.68. The molecule has 0 bridgehead atoms. The van der Waals surface area contributed by atoms with Crippen LogP contribution in [0.3, 0.4) is 0 Å². The van der Waals surface area contributed by atoms with E-state index in [9.17, 15) is 14.4 Å². The van der Waals surface area contributed by atoms with Gasteiger partial charge in [0.05, 0.1) is 6.20 Å². The van der Waals surface area contributed by atoms with E-state index in [0.29, 0.717) is 12.0 Å². The van der Waals surface area contributed by atoms with E-state index in [1.165, 1.54) is 23.0 Å². The lowest BCUT2D eigenvalue weighted by Gasteiger charge is -2.23.